The Hall–Kier alpha value is -2.09. The van der Waals surface area contributed by atoms with E-state index in [4.69, 9.17) is 11.0 Å². The number of rotatable bonds is 3. The quantitative estimate of drug-likeness (QED) is 0.775. The zero-order valence-electron chi connectivity index (χ0n) is 9.27. The molecule has 1 rings (SSSR count). The highest BCUT2D eigenvalue weighted by atomic mass is 32.2. The van der Waals surface area contributed by atoms with Gasteiger partial charge in [-0.15, -0.1) is 0 Å². The summed E-state index contributed by atoms with van der Waals surface area (Å²) in [6.45, 7) is 0.107. The summed E-state index contributed by atoms with van der Waals surface area (Å²) in [4.78, 5) is 0. The molecule has 0 unspecified atom stereocenters. The molecule has 0 atom stereocenters. The highest BCUT2D eigenvalue weighted by Crippen LogP contribution is 2.15. The minimum absolute atomic E-state index is 0.0426. The fraction of sp³-hybridized carbons (Fsp3) is 0.182. The van der Waals surface area contributed by atoms with E-state index in [0.29, 0.717) is 0 Å². The second-order valence-electron chi connectivity index (χ2n) is 3.22. The number of hydrogen-bond acceptors (Lipinski definition) is 4. The Bertz CT molecular complexity index is 638. The van der Waals surface area contributed by atoms with E-state index in [9.17, 15) is 12.8 Å². The average molecular weight is 267 g/mol. The van der Waals surface area contributed by atoms with E-state index in [1.54, 1.807) is 0 Å². The number of halogens is 1. The SMILES string of the molecule is N#CCS(=O)(=O)Nc1ccc(C#CCN)c(F)c1. The van der Waals surface area contributed by atoms with Crippen molar-refractivity contribution in [2.45, 2.75) is 0 Å². The maximum absolute atomic E-state index is 13.5. The Kier molecular flexibility index (Phi) is 4.67. The van der Waals surface area contributed by atoms with Gasteiger partial charge in [0.1, 0.15) is 5.82 Å². The molecule has 0 saturated carbocycles. The van der Waals surface area contributed by atoms with Gasteiger partial charge in [0.05, 0.1) is 23.9 Å². The van der Waals surface area contributed by atoms with Crippen molar-refractivity contribution >= 4 is 15.7 Å². The largest absolute Gasteiger partial charge is 0.320 e. The van der Waals surface area contributed by atoms with Crippen molar-refractivity contribution in [3.63, 3.8) is 0 Å². The van der Waals surface area contributed by atoms with E-state index in [-0.39, 0.29) is 17.8 Å². The normalized spacial score (nSPS) is 10.1. The lowest BCUT2D eigenvalue weighted by atomic mass is 10.2. The molecule has 3 N–H and O–H groups in total. The van der Waals surface area contributed by atoms with Crippen molar-refractivity contribution < 1.29 is 12.8 Å². The summed E-state index contributed by atoms with van der Waals surface area (Å²) in [6, 6.07) is 5.19. The van der Waals surface area contributed by atoms with Crippen LogP contribution < -0.4 is 10.5 Å². The number of nitrogens with two attached hydrogens (primary N) is 1. The molecule has 0 aromatic heterocycles. The van der Waals surface area contributed by atoms with Crippen molar-refractivity contribution in [2.24, 2.45) is 5.73 Å². The molecule has 0 aliphatic rings. The molecule has 0 heterocycles. The summed E-state index contributed by atoms with van der Waals surface area (Å²) < 4.78 is 38.1. The zero-order valence-corrected chi connectivity index (χ0v) is 10.1. The summed E-state index contributed by atoms with van der Waals surface area (Å²) in [5.41, 5.74) is 5.33. The molecule has 1 aromatic rings. The van der Waals surface area contributed by atoms with Crippen LogP contribution >= 0.6 is 0 Å². The van der Waals surface area contributed by atoms with Gasteiger partial charge < -0.3 is 5.73 Å². The first-order chi connectivity index (χ1) is 8.48. The van der Waals surface area contributed by atoms with Crippen molar-refractivity contribution in [3.05, 3.63) is 29.6 Å². The van der Waals surface area contributed by atoms with Crippen LogP contribution in [0.2, 0.25) is 0 Å². The van der Waals surface area contributed by atoms with Crippen molar-refractivity contribution in [1.29, 1.82) is 5.26 Å². The first-order valence-electron chi connectivity index (χ1n) is 4.84. The molecule has 0 radical (unpaired) electrons. The molecular weight excluding hydrogens is 257 g/mol. The smallest absolute Gasteiger partial charge is 0.246 e. The molecule has 94 valence electrons. The van der Waals surface area contributed by atoms with Crippen LogP contribution in [0.5, 0.6) is 0 Å². The first kappa shape index (κ1) is 14.0. The molecule has 0 bridgehead atoms. The Morgan fingerprint density at radius 1 is 1.44 bits per heavy atom. The van der Waals surface area contributed by atoms with Gasteiger partial charge in [-0.25, -0.2) is 12.8 Å². The van der Waals surface area contributed by atoms with Crippen LogP contribution in [0.25, 0.3) is 0 Å². The number of hydrogen-bond donors (Lipinski definition) is 2. The number of benzene rings is 1. The fourth-order valence-electron chi connectivity index (χ4n) is 1.13. The van der Waals surface area contributed by atoms with Crippen LogP contribution in [0, 0.1) is 29.0 Å². The number of anilines is 1. The summed E-state index contributed by atoms with van der Waals surface area (Å²) >= 11 is 0. The van der Waals surface area contributed by atoms with Crippen molar-refractivity contribution in [3.8, 4) is 17.9 Å². The Labute approximate surface area is 104 Å². The van der Waals surface area contributed by atoms with Crippen LogP contribution in [0.4, 0.5) is 10.1 Å². The third-order valence-corrected chi connectivity index (χ3v) is 2.88. The van der Waals surface area contributed by atoms with Crippen LogP contribution in [-0.2, 0) is 10.0 Å². The van der Waals surface area contributed by atoms with E-state index >= 15 is 0 Å². The molecule has 0 spiro atoms. The van der Waals surface area contributed by atoms with Crippen LogP contribution in [0.1, 0.15) is 5.56 Å². The van der Waals surface area contributed by atoms with Gasteiger partial charge in [0, 0.05) is 0 Å². The molecule has 18 heavy (non-hydrogen) atoms. The van der Waals surface area contributed by atoms with Gasteiger partial charge in [-0.1, -0.05) is 11.8 Å². The van der Waals surface area contributed by atoms with Gasteiger partial charge in [0.25, 0.3) is 0 Å². The van der Waals surface area contributed by atoms with Gasteiger partial charge in [0.15, 0.2) is 5.75 Å². The van der Waals surface area contributed by atoms with Gasteiger partial charge in [-0.05, 0) is 18.2 Å². The number of nitrogens with zero attached hydrogens (tertiary/aromatic N) is 1. The van der Waals surface area contributed by atoms with Crippen molar-refractivity contribution in [1.82, 2.24) is 0 Å². The third-order valence-electron chi connectivity index (χ3n) is 1.82. The van der Waals surface area contributed by atoms with E-state index in [1.807, 2.05) is 0 Å². The summed E-state index contributed by atoms with van der Waals surface area (Å²) in [5.74, 6) is 3.65. The molecule has 1 aromatic carbocycles. The number of nitriles is 1. The third kappa shape index (κ3) is 4.06. The Morgan fingerprint density at radius 2 is 2.17 bits per heavy atom. The minimum atomic E-state index is -3.77. The molecule has 0 aliphatic heterocycles. The maximum atomic E-state index is 13.5. The molecule has 0 aliphatic carbocycles. The molecule has 7 heteroatoms. The Morgan fingerprint density at radius 3 is 2.72 bits per heavy atom. The van der Waals surface area contributed by atoms with Gasteiger partial charge in [0.2, 0.25) is 10.0 Å². The molecule has 5 nitrogen and oxygen atoms in total. The molecule has 0 fully saturated rings. The van der Waals surface area contributed by atoms with Gasteiger partial charge >= 0.3 is 0 Å². The zero-order chi connectivity index (χ0) is 13.6. The highest BCUT2D eigenvalue weighted by molar-refractivity contribution is 7.92. The first-order valence-corrected chi connectivity index (χ1v) is 6.49. The molecular formula is C11H10FN3O2S. The lowest BCUT2D eigenvalue weighted by Crippen LogP contribution is -2.15. The van der Waals surface area contributed by atoms with Crippen LogP contribution in [0.15, 0.2) is 18.2 Å². The second kappa shape index (κ2) is 6.01. The van der Waals surface area contributed by atoms with E-state index in [0.717, 1.165) is 6.07 Å². The monoisotopic (exact) mass is 267 g/mol. The lowest BCUT2D eigenvalue weighted by molar-refractivity contribution is 0.604. The van der Waals surface area contributed by atoms with Gasteiger partial charge in [-0.2, -0.15) is 5.26 Å². The number of sulfonamides is 1. The van der Waals surface area contributed by atoms with Gasteiger partial charge in [-0.3, -0.25) is 4.72 Å². The maximum Gasteiger partial charge on any atom is 0.246 e. The van der Waals surface area contributed by atoms with E-state index < -0.39 is 21.6 Å². The topological polar surface area (TPSA) is 96.0 Å². The second-order valence-corrected chi connectivity index (χ2v) is 4.94. The predicted octanol–water partition coefficient (Wildman–Crippen LogP) is 0.401. The van der Waals surface area contributed by atoms with Crippen molar-refractivity contribution in [2.75, 3.05) is 17.0 Å². The Balaban J connectivity index is 2.96. The average Bonchev–Trinajstić information content (AvgIpc) is 2.27. The summed E-state index contributed by atoms with van der Waals surface area (Å²) in [5, 5.41) is 8.30. The standard InChI is InChI=1S/C11H10FN3O2S/c12-11-8-10(15-18(16,17)7-6-14)4-3-9(11)2-1-5-13/h3-4,8,15H,5,7,13H2. The summed E-state index contributed by atoms with van der Waals surface area (Å²) in [6.07, 6.45) is 0. The fourth-order valence-corrected chi connectivity index (χ4v) is 1.86. The predicted molar refractivity (Wildman–Crippen MR) is 65.4 cm³/mol. The summed E-state index contributed by atoms with van der Waals surface area (Å²) in [7, 11) is -3.77. The van der Waals surface area contributed by atoms with Crippen LogP contribution in [0.3, 0.4) is 0 Å². The van der Waals surface area contributed by atoms with E-state index in [2.05, 4.69) is 16.6 Å². The van der Waals surface area contributed by atoms with Crippen LogP contribution in [-0.4, -0.2) is 20.7 Å². The number of nitrogens with one attached hydrogen (secondary N) is 1. The molecule has 0 saturated heterocycles. The lowest BCUT2D eigenvalue weighted by Gasteiger charge is -2.05. The molecule has 0 amide bonds. The highest BCUT2D eigenvalue weighted by Gasteiger charge is 2.10. The minimum Gasteiger partial charge on any atom is -0.320 e. The van der Waals surface area contributed by atoms with E-state index in [1.165, 1.54) is 18.2 Å².